The van der Waals surface area contributed by atoms with E-state index in [0.29, 0.717) is 16.5 Å². The fourth-order valence-corrected chi connectivity index (χ4v) is 5.10. The van der Waals surface area contributed by atoms with E-state index in [0.717, 1.165) is 16.7 Å². The van der Waals surface area contributed by atoms with Crippen molar-refractivity contribution in [3.63, 3.8) is 0 Å². The third-order valence-electron chi connectivity index (χ3n) is 5.20. The Morgan fingerprint density at radius 1 is 1.12 bits per heavy atom. The lowest BCUT2D eigenvalue weighted by atomic mass is 10.1. The Hall–Kier alpha value is -3.10. The molecule has 7 nitrogen and oxygen atoms in total. The quantitative estimate of drug-likeness (QED) is 0.416. The highest BCUT2D eigenvalue weighted by Crippen LogP contribution is 2.37. The van der Waals surface area contributed by atoms with E-state index in [1.807, 2.05) is 20.8 Å². The van der Waals surface area contributed by atoms with Gasteiger partial charge in [0.05, 0.1) is 11.3 Å². The van der Waals surface area contributed by atoms with E-state index in [9.17, 15) is 18.3 Å². The number of ether oxygens (including phenoxy) is 1. The number of hydrogen-bond donors (Lipinski definition) is 1. The summed E-state index contributed by atoms with van der Waals surface area (Å²) >= 11 is 6.40. The molecule has 0 atom stereocenters. The van der Waals surface area contributed by atoms with Gasteiger partial charge < -0.3 is 9.84 Å². The molecule has 0 fully saturated rings. The van der Waals surface area contributed by atoms with Crippen LogP contribution >= 0.6 is 11.6 Å². The largest absolute Gasteiger partial charge is 0.487 e. The molecule has 9 heteroatoms. The van der Waals surface area contributed by atoms with Crippen LogP contribution in [-0.4, -0.2) is 31.0 Å². The molecule has 2 aromatic carbocycles. The van der Waals surface area contributed by atoms with Crippen LogP contribution in [0, 0.1) is 19.8 Å². The number of halogens is 1. The first kappa shape index (κ1) is 25.5. The number of aromatic nitrogens is 1. The summed E-state index contributed by atoms with van der Waals surface area (Å²) in [4.78, 5) is 15.3. The van der Waals surface area contributed by atoms with Crippen molar-refractivity contribution >= 4 is 33.3 Å². The lowest BCUT2D eigenvalue weighted by Crippen LogP contribution is -2.35. The molecular weight excluding hydrogens is 476 g/mol. The normalized spacial score (nSPS) is 11.5. The zero-order chi connectivity index (χ0) is 25.0. The summed E-state index contributed by atoms with van der Waals surface area (Å²) in [6.45, 7) is 7.77. The standard InChI is InChI=1S/C25H27ClN2O5S/c1-16(2)14-28(34(31,32)24-7-5-6-10-27-24)22-13-21(26)18(4)12-23(22)33-15-20-9-8-19(25(29)30)11-17(20)3/h5-13,16H,14-15H2,1-4H3,(H,29,30). The van der Waals surface area contributed by atoms with E-state index < -0.39 is 16.0 Å². The average Bonchev–Trinajstić information content (AvgIpc) is 2.79. The van der Waals surface area contributed by atoms with Crippen LogP contribution in [0.1, 0.15) is 40.9 Å². The van der Waals surface area contributed by atoms with Gasteiger partial charge in [0, 0.05) is 17.8 Å². The molecular formula is C25H27ClN2O5S. The van der Waals surface area contributed by atoms with Gasteiger partial charge in [-0.2, -0.15) is 8.42 Å². The molecule has 34 heavy (non-hydrogen) atoms. The van der Waals surface area contributed by atoms with Crippen molar-refractivity contribution in [3.05, 3.63) is 82.0 Å². The molecule has 0 bridgehead atoms. The molecule has 0 spiro atoms. The second kappa shape index (κ2) is 10.4. The van der Waals surface area contributed by atoms with Gasteiger partial charge in [-0.1, -0.05) is 37.6 Å². The molecule has 0 amide bonds. The Kier molecular flexibility index (Phi) is 7.84. The van der Waals surface area contributed by atoms with E-state index >= 15 is 0 Å². The summed E-state index contributed by atoms with van der Waals surface area (Å²) in [5, 5.41) is 9.53. The van der Waals surface area contributed by atoms with Crippen molar-refractivity contribution in [2.45, 2.75) is 39.3 Å². The second-order valence-corrected chi connectivity index (χ2v) is 10.6. The van der Waals surface area contributed by atoms with Crippen molar-refractivity contribution in [1.82, 2.24) is 4.98 Å². The van der Waals surface area contributed by atoms with E-state index in [4.69, 9.17) is 16.3 Å². The smallest absolute Gasteiger partial charge is 0.335 e. The summed E-state index contributed by atoms with van der Waals surface area (Å²) < 4.78 is 34.5. The molecule has 0 saturated heterocycles. The van der Waals surface area contributed by atoms with Crippen LogP contribution in [0.5, 0.6) is 5.75 Å². The predicted octanol–water partition coefficient (Wildman–Crippen LogP) is 5.48. The minimum atomic E-state index is -3.99. The first-order valence-corrected chi connectivity index (χ1v) is 12.5. The van der Waals surface area contributed by atoms with Gasteiger partial charge in [0.1, 0.15) is 12.4 Å². The number of pyridine rings is 1. The van der Waals surface area contributed by atoms with Gasteiger partial charge in [-0.15, -0.1) is 0 Å². The first-order valence-electron chi connectivity index (χ1n) is 10.7. The number of rotatable bonds is 9. The molecule has 0 unspecified atom stereocenters. The van der Waals surface area contributed by atoms with Crippen molar-refractivity contribution in [1.29, 1.82) is 0 Å². The third-order valence-corrected chi connectivity index (χ3v) is 7.31. The molecule has 1 heterocycles. The third kappa shape index (κ3) is 5.69. The van der Waals surface area contributed by atoms with Gasteiger partial charge >= 0.3 is 5.97 Å². The van der Waals surface area contributed by atoms with Crippen molar-refractivity contribution < 1.29 is 23.1 Å². The van der Waals surface area contributed by atoms with Crippen LogP contribution in [0.3, 0.4) is 0 Å². The van der Waals surface area contributed by atoms with Gasteiger partial charge in [-0.25, -0.2) is 9.78 Å². The van der Waals surface area contributed by atoms with E-state index in [2.05, 4.69) is 4.98 Å². The second-order valence-electron chi connectivity index (χ2n) is 8.40. The number of sulfonamides is 1. The Morgan fingerprint density at radius 2 is 1.85 bits per heavy atom. The maximum absolute atomic E-state index is 13.6. The maximum Gasteiger partial charge on any atom is 0.335 e. The van der Waals surface area contributed by atoms with Gasteiger partial charge in [0.25, 0.3) is 10.0 Å². The number of nitrogens with zero attached hydrogens (tertiary/aromatic N) is 2. The molecule has 0 radical (unpaired) electrons. The summed E-state index contributed by atoms with van der Waals surface area (Å²) in [5.41, 5.74) is 2.78. The van der Waals surface area contributed by atoms with Crippen LogP contribution in [0.4, 0.5) is 5.69 Å². The average molecular weight is 503 g/mol. The number of aryl methyl sites for hydroxylation is 2. The molecule has 1 N–H and O–H groups in total. The van der Waals surface area contributed by atoms with Crippen LogP contribution in [0.2, 0.25) is 5.02 Å². The van der Waals surface area contributed by atoms with Crippen molar-refractivity contribution in [2.75, 3.05) is 10.8 Å². The van der Waals surface area contributed by atoms with Gasteiger partial charge in [0.15, 0.2) is 5.03 Å². The number of carbonyl (C=O) groups is 1. The summed E-state index contributed by atoms with van der Waals surface area (Å²) in [6.07, 6.45) is 1.43. The van der Waals surface area contributed by atoms with Crippen LogP contribution < -0.4 is 9.04 Å². The Labute approximate surface area is 205 Å². The van der Waals surface area contributed by atoms with Gasteiger partial charge in [0.2, 0.25) is 0 Å². The Morgan fingerprint density at radius 3 is 2.44 bits per heavy atom. The summed E-state index contributed by atoms with van der Waals surface area (Å²) in [7, 11) is -3.99. The summed E-state index contributed by atoms with van der Waals surface area (Å²) in [6, 6.07) is 12.8. The molecule has 3 rings (SSSR count). The predicted molar refractivity (Wildman–Crippen MR) is 132 cm³/mol. The van der Waals surface area contributed by atoms with Crippen LogP contribution in [-0.2, 0) is 16.6 Å². The van der Waals surface area contributed by atoms with E-state index in [1.54, 1.807) is 43.3 Å². The van der Waals surface area contributed by atoms with E-state index in [1.165, 1.54) is 22.6 Å². The topological polar surface area (TPSA) is 96.8 Å². The van der Waals surface area contributed by atoms with Gasteiger partial charge in [-0.3, -0.25) is 4.31 Å². The highest BCUT2D eigenvalue weighted by molar-refractivity contribution is 7.92. The minimum absolute atomic E-state index is 0.0113. The molecule has 0 aliphatic rings. The fourth-order valence-electron chi connectivity index (χ4n) is 3.37. The minimum Gasteiger partial charge on any atom is -0.487 e. The lowest BCUT2D eigenvalue weighted by Gasteiger charge is -2.28. The molecule has 1 aromatic heterocycles. The Balaban J connectivity index is 2.04. The van der Waals surface area contributed by atoms with Crippen molar-refractivity contribution in [3.8, 4) is 5.75 Å². The number of anilines is 1. The van der Waals surface area contributed by atoms with E-state index in [-0.39, 0.29) is 29.7 Å². The van der Waals surface area contributed by atoms with Crippen LogP contribution in [0.25, 0.3) is 0 Å². The zero-order valence-corrected chi connectivity index (χ0v) is 21.0. The summed E-state index contributed by atoms with van der Waals surface area (Å²) in [5.74, 6) is -0.642. The molecule has 0 saturated carbocycles. The van der Waals surface area contributed by atoms with Crippen molar-refractivity contribution in [2.24, 2.45) is 5.92 Å². The molecule has 3 aromatic rings. The number of benzene rings is 2. The number of carboxylic acid groups (broad SMARTS) is 1. The molecule has 180 valence electrons. The SMILES string of the molecule is Cc1cc(OCc2ccc(C(=O)O)cc2C)c(N(CC(C)C)S(=O)(=O)c2ccccn2)cc1Cl. The van der Waals surface area contributed by atoms with Gasteiger partial charge in [-0.05, 0) is 72.9 Å². The monoisotopic (exact) mass is 502 g/mol. The highest BCUT2D eigenvalue weighted by Gasteiger charge is 2.30. The lowest BCUT2D eigenvalue weighted by molar-refractivity contribution is 0.0696. The molecule has 0 aliphatic carbocycles. The first-order chi connectivity index (χ1) is 16.0. The maximum atomic E-state index is 13.6. The number of aromatic carboxylic acids is 1. The highest BCUT2D eigenvalue weighted by atomic mass is 35.5. The number of carboxylic acids is 1. The van der Waals surface area contributed by atoms with Crippen LogP contribution in [0.15, 0.2) is 59.8 Å². The Bertz CT molecular complexity index is 1290. The zero-order valence-electron chi connectivity index (χ0n) is 19.4. The molecule has 0 aliphatic heterocycles. The fraction of sp³-hybridized carbons (Fsp3) is 0.280. The number of hydrogen-bond acceptors (Lipinski definition) is 5.